The molecule has 0 aliphatic carbocycles. The van der Waals surface area contributed by atoms with Crippen LogP contribution in [0.15, 0.2) is 18.2 Å². The molecule has 1 aliphatic heterocycles. The second-order valence-corrected chi connectivity index (χ2v) is 6.31. The fourth-order valence-corrected chi connectivity index (χ4v) is 3.26. The normalized spacial score (nSPS) is 19.4. The summed E-state index contributed by atoms with van der Waals surface area (Å²) in [4.78, 5) is 0.628. The first kappa shape index (κ1) is 13.9. The zero-order chi connectivity index (χ0) is 13.0. The van der Waals surface area contributed by atoms with Crippen molar-refractivity contribution >= 4 is 15.9 Å². The molecule has 0 bridgehead atoms. The van der Waals surface area contributed by atoms with Gasteiger partial charge in [-0.1, -0.05) is 29.3 Å². The predicted molar refractivity (Wildman–Crippen MR) is 76.0 cm³/mol. The van der Waals surface area contributed by atoms with Gasteiger partial charge in [-0.3, -0.25) is 0 Å². The quantitative estimate of drug-likeness (QED) is 0.681. The Morgan fingerprint density at radius 1 is 1.44 bits per heavy atom. The van der Waals surface area contributed by atoms with Gasteiger partial charge in [-0.05, 0) is 43.9 Å². The van der Waals surface area contributed by atoms with Crippen LogP contribution in [0.25, 0.3) is 0 Å². The van der Waals surface area contributed by atoms with E-state index in [9.17, 15) is 4.39 Å². The summed E-state index contributed by atoms with van der Waals surface area (Å²) in [6.45, 7) is 2.21. The number of fused-ring (bicyclic) bond motifs is 1. The Balaban J connectivity index is 1.74. The van der Waals surface area contributed by atoms with Crippen molar-refractivity contribution in [2.75, 3.05) is 0 Å². The molecular formula is C15H20BrFO. The number of hydrogen-bond donors (Lipinski definition) is 0. The highest BCUT2D eigenvalue weighted by atomic mass is 79.9. The molecule has 1 heterocycles. The van der Waals surface area contributed by atoms with E-state index >= 15 is 0 Å². The van der Waals surface area contributed by atoms with E-state index in [2.05, 4.69) is 22.9 Å². The van der Waals surface area contributed by atoms with Crippen molar-refractivity contribution in [3.63, 3.8) is 0 Å². The molecule has 2 rings (SSSR count). The van der Waals surface area contributed by atoms with E-state index in [-0.39, 0.29) is 11.9 Å². The molecule has 18 heavy (non-hydrogen) atoms. The lowest BCUT2D eigenvalue weighted by Crippen LogP contribution is -2.13. The van der Waals surface area contributed by atoms with Crippen molar-refractivity contribution in [1.29, 1.82) is 0 Å². The zero-order valence-corrected chi connectivity index (χ0v) is 12.4. The van der Waals surface area contributed by atoms with E-state index in [4.69, 9.17) is 4.74 Å². The number of hydrogen-bond acceptors (Lipinski definition) is 1. The Kier molecular flexibility index (Phi) is 5.04. The van der Waals surface area contributed by atoms with Crippen molar-refractivity contribution < 1.29 is 9.13 Å². The Morgan fingerprint density at radius 2 is 2.28 bits per heavy atom. The van der Waals surface area contributed by atoms with Crippen molar-refractivity contribution in [1.82, 2.24) is 0 Å². The van der Waals surface area contributed by atoms with Gasteiger partial charge in [0.25, 0.3) is 0 Å². The van der Waals surface area contributed by atoms with Crippen LogP contribution in [0.1, 0.15) is 44.6 Å². The zero-order valence-electron chi connectivity index (χ0n) is 10.8. The largest absolute Gasteiger partial charge is 0.490 e. The molecule has 1 aromatic carbocycles. The Bertz CT molecular complexity index is 394. The van der Waals surface area contributed by atoms with E-state index in [0.717, 1.165) is 30.6 Å². The van der Waals surface area contributed by atoms with Gasteiger partial charge in [0.2, 0.25) is 0 Å². The van der Waals surface area contributed by atoms with Gasteiger partial charge in [0, 0.05) is 16.8 Å². The summed E-state index contributed by atoms with van der Waals surface area (Å²) in [7, 11) is 0. The van der Waals surface area contributed by atoms with Gasteiger partial charge in [0.05, 0.1) is 0 Å². The summed E-state index contributed by atoms with van der Waals surface area (Å²) in [6, 6.07) is 4.81. The Morgan fingerprint density at radius 3 is 3.06 bits per heavy atom. The Labute approximate surface area is 117 Å². The van der Waals surface area contributed by atoms with Gasteiger partial charge in [-0.2, -0.15) is 0 Å². The smallest absolute Gasteiger partial charge is 0.123 e. The first-order valence-electron chi connectivity index (χ1n) is 6.78. The highest BCUT2D eigenvalue weighted by Crippen LogP contribution is 2.31. The fourth-order valence-electron chi connectivity index (χ4n) is 2.47. The number of rotatable bonds is 6. The Hall–Kier alpha value is -0.570. The van der Waals surface area contributed by atoms with Crippen molar-refractivity contribution in [2.45, 2.75) is 56.4 Å². The molecule has 1 nitrogen and oxygen atoms in total. The van der Waals surface area contributed by atoms with E-state index in [1.165, 1.54) is 25.3 Å². The third-order valence-electron chi connectivity index (χ3n) is 3.41. The van der Waals surface area contributed by atoms with Gasteiger partial charge in [0.1, 0.15) is 17.7 Å². The van der Waals surface area contributed by atoms with Crippen molar-refractivity contribution in [3.8, 4) is 5.75 Å². The van der Waals surface area contributed by atoms with Crippen LogP contribution in [0.5, 0.6) is 5.75 Å². The lowest BCUT2D eigenvalue weighted by Gasteiger charge is -2.12. The minimum absolute atomic E-state index is 0.165. The average Bonchev–Trinajstić information content (AvgIpc) is 2.71. The fraction of sp³-hybridized carbons (Fsp3) is 0.600. The summed E-state index contributed by atoms with van der Waals surface area (Å²) in [5.41, 5.74) is 1.02. The van der Waals surface area contributed by atoms with Gasteiger partial charge in [-0.15, -0.1) is 0 Å². The second kappa shape index (κ2) is 6.55. The maximum absolute atomic E-state index is 13.1. The highest BCUT2D eigenvalue weighted by Gasteiger charge is 2.22. The lowest BCUT2D eigenvalue weighted by atomic mass is 10.0. The molecule has 0 N–H and O–H groups in total. The van der Waals surface area contributed by atoms with Crippen LogP contribution in [0.2, 0.25) is 0 Å². The van der Waals surface area contributed by atoms with Crippen LogP contribution >= 0.6 is 15.9 Å². The number of benzene rings is 1. The molecule has 3 heteroatoms. The maximum Gasteiger partial charge on any atom is 0.123 e. The van der Waals surface area contributed by atoms with E-state index in [0.29, 0.717) is 4.83 Å². The third kappa shape index (κ3) is 3.71. The minimum Gasteiger partial charge on any atom is -0.490 e. The molecule has 0 saturated heterocycles. The lowest BCUT2D eigenvalue weighted by molar-refractivity contribution is 0.216. The molecule has 0 saturated carbocycles. The molecule has 100 valence electrons. The summed E-state index contributed by atoms with van der Waals surface area (Å²) < 4.78 is 18.9. The summed E-state index contributed by atoms with van der Waals surface area (Å²) in [5.74, 6) is 0.701. The van der Waals surface area contributed by atoms with Crippen LogP contribution in [-0.2, 0) is 6.42 Å². The van der Waals surface area contributed by atoms with E-state index < -0.39 is 0 Å². The highest BCUT2D eigenvalue weighted by molar-refractivity contribution is 9.09. The van der Waals surface area contributed by atoms with Gasteiger partial charge in [0.15, 0.2) is 0 Å². The first-order valence-corrected chi connectivity index (χ1v) is 7.69. The number of ether oxygens (including phenoxy) is 1. The van der Waals surface area contributed by atoms with E-state index in [1.807, 2.05) is 0 Å². The summed E-state index contributed by atoms with van der Waals surface area (Å²) >= 11 is 3.70. The molecule has 2 unspecified atom stereocenters. The molecular weight excluding hydrogens is 295 g/mol. The second-order valence-electron chi connectivity index (χ2n) is 5.01. The molecule has 0 spiro atoms. The third-order valence-corrected chi connectivity index (χ3v) is 4.32. The van der Waals surface area contributed by atoms with Crippen LogP contribution < -0.4 is 4.74 Å². The minimum atomic E-state index is -0.165. The summed E-state index contributed by atoms with van der Waals surface area (Å²) in [6.07, 6.45) is 6.96. The molecule has 0 amide bonds. The van der Waals surface area contributed by atoms with Gasteiger partial charge in [-0.25, -0.2) is 4.39 Å². The SMILES string of the molecule is CCCC(Br)CCCC1Cc2cc(F)ccc2O1. The van der Waals surface area contributed by atoms with Crippen LogP contribution in [-0.4, -0.2) is 10.9 Å². The molecule has 0 aromatic heterocycles. The van der Waals surface area contributed by atoms with Crippen molar-refractivity contribution in [2.24, 2.45) is 0 Å². The number of halogens is 2. The maximum atomic E-state index is 13.1. The van der Waals surface area contributed by atoms with Crippen molar-refractivity contribution in [3.05, 3.63) is 29.6 Å². The van der Waals surface area contributed by atoms with Crippen LogP contribution in [0, 0.1) is 5.82 Å². The standard InChI is InChI=1S/C15H20BrFO/c1-2-4-12(16)5-3-6-14-10-11-9-13(17)7-8-15(11)18-14/h7-9,12,14H,2-6,10H2,1H3. The molecule has 0 radical (unpaired) electrons. The van der Waals surface area contributed by atoms with Crippen LogP contribution in [0.3, 0.4) is 0 Å². The molecule has 0 fully saturated rings. The molecule has 1 aromatic rings. The first-order chi connectivity index (χ1) is 8.69. The molecule has 2 atom stereocenters. The number of alkyl halides is 1. The van der Waals surface area contributed by atoms with Gasteiger partial charge >= 0.3 is 0 Å². The van der Waals surface area contributed by atoms with E-state index in [1.54, 1.807) is 12.1 Å². The topological polar surface area (TPSA) is 9.23 Å². The van der Waals surface area contributed by atoms with Crippen LogP contribution in [0.4, 0.5) is 4.39 Å². The predicted octanol–water partition coefficient (Wildman–Crippen LogP) is 4.86. The monoisotopic (exact) mass is 314 g/mol. The molecule has 1 aliphatic rings. The average molecular weight is 315 g/mol. The van der Waals surface area contributed by atoms with Gasteiger partial charge < -0.3 is 4.74 Å². The summed E-state index contributed by atoms with van der Waals surface area (Å²) in [5, 5.41) is 0.